The summed E-state index contributed by atoms with van der Waals surface area (Å²) in [5.74, 6) is -0.776. The minimum atomic E-state index is -0.821. The van der Waals surface area contributed by atoms with Gasteiger partial charge in [-0.2, -0.15) is 0 Å². The summed E-state index contributed by atoms with van der Waals surface area (Å²) in [5.41, 5.74) is 11.4. The van der Waals surface area contributed by atoms with Crippen molar-refractivity contribution in [3.8, 4) is 5.75 Å². The number of ether oxygens (including phenoxy) is 1. The van der Waals surface area contributed by atoms with E-state index in [0.717, 1.165) is 0 Å². The minimum absolute atomic E-state index is 0.00744. The minimum Gasteiger partial charge on any atom is -0.497 e. The topological polar surface area (TPSA) is 151 Å². The number of imidazole rings is 1. The predicted octanol–water partition coefficient (Wildman–Crippen LogP) is 0.0663. The van der Waals surface area contributed by atoms with Gasteiger partial charge in [-0.25, -0.2) is 4.98 Å². The third kappa shape index (κ3) is 2.56. The molecule has 24 heavy (non-hydrogen) atoms. The molecule has 10 nitrogen and oxygen atoms in total. The molecule has 3 aromatic rings. The highest BCUT2D eigenvalue weighted by Gasteiger charge is 2.20. The molecule has 2 amide bonds. The Morgan fingerprint density at radius 2 is 2.04 bits per heavy atom. The molecule has 10 heteroatoms. The number of nitrogens with zero attached hydrogens (tertiary/aromatic N) is 4. The molecule has 2 aromatic heterocycles. The molecule has 0 atom stereocenters. The predicted molar refractivity (Wildman–Crippen MR) is 84.7 cm³/mol. The lowest BCUT2D eigenvalue weighted by Gasteiger charge is -2.06. The summed E-state index contributed by atoms with van der Waals surface area (Å²) in [6.07, 6.45) is 1.27. The summed E-state index contributed by atoms with van der Waals surface area (Å²) in [5, 5.41) is 10.1. The van der Waals surface area contributed by atoms with Gasteiger partial charge in [-0.05, 0) is 12.1 Å². The monoisotopic (exact) mass is 327 g/mol. The zero-order chi connectivity index (χ0) is 17.3. The Bertz CT molecular complexity index is 951. The molecule has 0 aliphatic heterocycles. The van der Waals surface area contributed by atoms with Gasteiger partial charge in [0, 0.05) is 11.8 Å². The Kier molecular flexibility index (Phi) is 3.70. The fraction of sp³-hybridized carbons (Fsp3) is 0.0714. The maximum Gasteiger partial charge on any atom is 0.278 e. The molecule has 0 fully saturated rings. The van der Waals surface area contributed by atoms with Crippen molar-refractivity contribution in [3.05, 3.63) is 42.0 Å². The van der Waals surface area contributed by atoms with Crippen LogP contribution < -0.4 is 21.5 Å². The number of nitrogen functional groups attached to an aromatic ring is 1. The van der Waals surface area contributed by atoms with Crippen molar-refractivity contribution in [1.29, 1.82) is 0 Å². The molecule has 3 rings (SSSR count). The van der Waals surface area contributed by atoms with Gasteiger partial charge in [-0.15, -0.1) is 10.2 Å². The molecule has 0 aliphatic carbocycles. The van der Waals surface area contributed by atoms with Crippen LogP contribution in [0.5, 0.6) is 5.75 Å². The van der Waals surface area contributed by atoms with Crippen molar-refractivity contribution < 1.29 is 14.3 Å². The number of primary amides is 1. The number of benzene rings is 1. The van der Waals surface area contributed by atoms with Gasteiger partial charge in [0.25, 0.3) is 11.8 Å². The number of aromatic nitrogens is 4. The summed E-state index contributed by atoms with van der Waals surface area (Å²) in [4.78, 5) is 27.6. The summed E-state index contributed by atoms with van der Waals surface area (Å²) in [7, 11) is 1.53. The number of hydrogen-bond acceptors (Lipinski definition) is 7. The van der Waals surface area contributed by atoms with E-state index in [4.69, 9.17) is 16.2 Å². The van der Waals surface area contributed by atoms with Gasteiger partial charge in [-0.1, -0.05) is 6.07 Å². The molecular formula is C14H13N7O3. The number of carbonyl (C=O) groups excluding carboxylic acids is 2. The summed E-state index contributed by atoms with van der Waals surface area (Å²) in [6, 6.07) is 6.83. The molecule has 5 N–H and O–H groups in total. The van der Waals surface area contributed by atoms with E-state index in [1.54, 1.807) is 24.3 Å². The van der Waals surface area contributed by atoms with Crippen molar-refractivity contribution in [2.45, 2.75) is 0 Å². The lowest BCUT2D eigenvalue weighted by molar-refractivity contribution is 0.0993. The molecule has 0 aliphatic rings. The first kappa shape index (κ1) is 15.2. The number of rotatable bonds is 4. The van der Waals surface area contributed by atoms with Crippen molar-refractivity contribution in [1.82, 2.24) is 19.6 Å². The number of amides is 2. The molecule has 1 aromatic carbocycles. The average Bonchev–Trinajstić information content (AvgIpc) is 3.00. The number of nitrogens with two attached hydrogens (primary N) is 2. The highest BCUT2D eigenvalue weighted by Crippen LogP contribution is 2.19. The third-order valence-corrected chi connectivity index (χ3v) is 3.27. The summed E-state index contributed by atoms with van der Waals surface area (Å²) in [6.45, 7) is 0. The van der Waals surface area contributed by atoms with E-state index >= 15 is 0 Å². The normalized spacial score (nSPS) is 10.5. The number of anilines is 2. The van der Waals surface area contributed by atoms with E-state index in [-0.39, 0.29) is 22.9 Å². The number of hydrogen-bond donors (Lipinski definition) is 3. The maximum absolute atomic E-state index is 12.4. The Morgan fingerprint density at radius 1 is 1.25 bits per heavy atom. The number of nitrogens with one attached hydrogen (secondary N) is 1. The number of methoxy groups -OCH3 is 1. The first-order valence-electron chi connectivity index (χ1n) is 6.75. The van der Waals surface area contributed by atoms with Crippen LogP contribution >= 0.6 is 0 Å². The smallest absolute Gasteiger partial charge is 0.278 e. The Balaban J connectivity index is 1.96. The average molecular weight is 327 g/mol. The number of carbonyl (C=O) groups is 2. The molecule has 0 unspecified atom stereocenters. The second-order valence-corrected chi connectivity index (χ2v) is 4.77. The summed E-state index contributed by atoms with van der Waals surface area (Å²) >= 11 is 0. The molecule has 2 heterocycles. The van der Waals surface area contributed by atoms with E-state index in [1.807, 2.05) is 0 Å². The Labute approximate surface area is 135 Å². The fourth-order valence-electron chi connectivity index (χ4n) is 2.10. The van der Waals surface area contributed by atoms with Crippen molar-refractivity contribution >= 4 is 29.0 Å². The standard InChI is InChI=1S/C14H13N7O3/c1-24-8-4-2-3-7(5-8)18-14(23)10-13-20-19-9(12(16)22)11(15)21(13)6-17-10/h2-6H,15H2,1H3,(H2,16,22)(H,18,23). The van der Waals surface area contributed by atoms with E-state index in [9.17, 15) is 9.59 Å². The van der Waals surface area contributed by atoms with Gasteiger partial charge < -0.3 is 21.5 Å². The van der Waals surface area contributed by atoms with Crippen LogP contribution in [0.2, 0.25) is 0 Å². The van der Waals surface area contributed by atoms with E-state index in [0.29, 0.717) is 11.4 Å². The van der Waals surface area contributed by atoms with Crippen LogP contribution in [-0.2, 0) is 0 Å². The van der Waals surface area contributed by atoms with E-state index in [1.165, 1.54) is 17.8 Å². The van der Waals surface area contributed by atoms with Gasteiger partial charge in [0.05, 0.1) is 7.11 Å². The van der Waals surface area contributed by atoms with Gasteiger partial charge in [0.1, 0.15) is 17.9 Å². The Morgan fingerprint density at radius 3 is 2.75 bits per heavy atom. The maximum atomic E-state index is 12.4. The van der Waals surface area contributed by atoms with Gasteiger partial charge in [0.2, 0.25) is 0 Å². The molecule has 0 radical (unpaired) electrons. The number of fused-ring (bicyclic) bond motifs is 1. The highest BCUT2D eigenvalue weighted by molar-refractivity contribution is 6.07. The highest BCUT2D eigenvalue weighted by atomic mass is 16.5. The van der Waals surface area contributed by atoms with Crippen LogP contribution in [0.25, 0.3) is 5.65 Å². The van der Waals surface area contributed by atoms with Gasteiger partial charge >= 0.3 is 0 Å². The first-order valence-corrected chi connectivity index (χ1v) is 6.75. The van der Waals surface area contributed by atoms with Crippen LogP contribution in [0, 0.1) is 0 Å². The van der Waals surface area contributed by atoms with Crippen LogP contribution in [0.4, 0.5) is 11.5 Å². The first-order chi connectivity index (χ1) is 11.5. The van der Waals surface area contributed by atoms with Gasteiger partial charge in [-0.3, -0.25) is 14.0 Å². The van der Waals surface area contributed by atoms with E-state index in [2.05, 4.69) is 20.5 Å². The molecule has 0 spiro atoms. The largest absolute Gasteiger partial charge is 0.497 e. The molecular weight excluding hydrogens is 314 g/mol. The van der Waals surface area contributed by atoms with Crippen LogP contribution in [-0.4, -0.2) is 38.5 Å². The zero-order valence-corrected chi connectivity index (χ0v) is 12.6. The lowest BCUT2D eigenvalue weighted by atomic mass is 10.3. The van der Waals surface area contributed by atoms with Crippen molar-refractivity contribution in [3.63, 3.8) is 0 Å². The third-order valence-electron chi connectivity index (χ3n) is 3.27. The lowest BCUT2D eigenvalue weighted by Crippen LogP contribution is -2.19. The second-order valence-electron chi connectivity index (χ2n) is 4.77. The summed E-state index contributed by atoms with van der Waals surface area (Å²) < 4.78 is 6.37. The SMILES string of the molecule is COc1cccc(NC(=O)c2ncn3c(N)c(C(N)=O)nnc23)c1. The molecule has 0 saturated carbocycles. The zero-order valence-electron chi connectivity index (χ0n) is 12.6. The molecule has 122 valence electrons. The van der Waals surface area contributed by atoms with Gasteiger partial charge in [0.15, 0.2) is 17.0 Å². The van der Waals surface area contributed by atoms with Crippen LogP contribution in [0.3, 0.4) is 0 Å². The van der Waals surface area contributed by atoms with Crippen LogP contribution in [0.1, 0.15) is 21.0 Å². The van der Waals surface area contributed by atoms with Crippen molar-refractivity contribution in [2.24, 2.45) is 5.73 Å². The fourth-order valence-corrected chi connectivity index (χ4v) is 2.10. The second kappa shape index (κ2) is 5.83. The Hall–Kier alpha value is -3.69. The van der Waals surface area contributed by atoms with Crippen molar-refractivity contribution in [2.75, 3.05) is 18.2 Å². The quantitative estimate of drug-likeness (QED) is 0.613. The molecule has 0 saturated heterocycles. The molecule has 0 bridgehead atoms. The van der Waals surface area contributed by atoms with Crippen LogP contribution in [0.15, 0.2) is 30.6 Å². The van der Waals surface area contributed by atoms with E-state index < -0.39 is 11.8 Å².